The van der Waals surface area contributed by atoms with Gasteiger partial charge in [-0.25, -0.2) is 4.68 Å². The highest BCUT2D eigenvalue weighted by Crippen LogP contribution is 2.26. The van der Waals surface area contributed by atoms with Gasteiger partial charge in [0.25, 0.3) is 0 Å². The maximum Gasteiger partial charge on any atom is 0.222 e. The Morgan fingerprint density at radius 3 is 2.70 bits per heavy atom. The van der Waals surface area contributed by atoms with E-state index in [4.69, 9.17) is 0 Å². The van der Waals surface area contributed by atoms with Crippen LogP contribution < -0.4 is 0 Å². The van der Waals surface area contributed by atoms with Crippen LogP contribution in [0.25, 0.3) is 5.69 Å². The number of para-hydroxylation sites is 1. The van der Waals surface area contributed by atoms with Crippen LogP contribution >= 0.6 is 0 Å². The third-order valence-corrected chi connectivity index (χ3v) is 4.69. The van der Waals surface area contributed by atoms with Crippen molar-refractivity contribution < 1.29 is 4.79 Å². The lowest BCUT2D eigenvalue weighted by Crippen LogP contribution is -2.28. The highest BCUT2D eigenvalue weighted by atomic mass is 16.2. The number of benzene rings is 1. The van der Waals surface area contributed by atoms with Gasteiger partial charge in [0.15, 0.2) is 0 Å². The molecule has 0 saturated heterocycles. The van der Waals surface area contributed by atoms with Crippen molar-refractivity contribution in [1.29, 1.82) is 0 Å². The van der Waals surface area contributed by atoms with Gasteiger partial charge in [-0.1, -0.05) is 37.5 Å². The number of rotatable bonds is 5. The molecule has 2 aromatic rings. The second kappa shape index (κ2) is 7.44. The highest BCUT2D eigenvalue weighted by molar-refractivity contribution is 5.76. The maximum atomic E-state index is 12.4. The molecule has 0 unspecified atom stereocenters. The molecule has 4 nitrogen and oxygen atoms in total. The van der Waals surface area contributed by atoms with Crippen LogP contribution in [-0.2, 0) is 11.3 Å². The van der Waals surface area contributed by atoms with Crippen LogP contribution in [0, 0.1) is 5.92 Å². The van der Waals surface area contributed by atoms with Gasteiger partial charge in [0.2, 0.25) is 5.91 Å². The molecule has 1 aliphatic rings. The molecule has 1 saturated carbocycles. The third kappa shape index (κ3) is 4.21. The zero-order chi connectivity index (χ0) is 16.1. The molecule has 1 amide bonds. The minimum absolute atomic E-state index is 0.254. The van der Waals surface area contributed by atoms with Gasteiger partial charge in [-0.15, -0.1) is 0 Å². The predicted molar refractivity (Wildman–Crippen MR) is 91.2 cm³/mol. The molecule has 1 aliphatic carbocycles. The summed E-state index contributed by atoms with van der Waals surface area (Å²) in [6, 6.07) is 10.0. The Hall–Kier alpha value is -2.10. The monoisotopic (exact) mass is 311 g/mol. The fraction of sp³-hybridized carbons (Fsp3) is 0.474. The molecule has 0 bridgehead atoms. The molecule has 23 heavy (non-hydrogen) atoms. The van der Waals surface area contributed by atoms with E-state index in [1.54, 1.807) is 0 Å². The molecule has 0 atom stereocenters. The minimum atomic E-state index is 0.254. The Labute approximate surface area is 138 Å². The summed E-state index contributed by atoms with van der Waals surface area (Å²) in [6.45, 7) is 0.623. The van der Waals surface area contributed by atoms with Gasteiger partial charge in [-0.3, -0.25) is 4.79 Å². The molecule has 0 aliphatic heterocycles. The number of aromatic nitrogens is 2. The van der Waals surface area contributed by atoms with E-state index in [-0.39, 0.29) is 5.91 Å². The molecular weight excluding hydrogens is 286 g/mol. The van der Waals surface area contributed by atoms with E-state index in [1.807, 2.05) is 59.4 Å². The van der Waals surface area contributed by atoms with Gasteiger partial charge in [0.05, 0.1) is 11.9 Å². The van der Waals surface area contributed by atoms with Crippen molar-refractivity contribution in [3.63, 3.8) is 0 Å². The molecule has 1 aromatic heterocycles. The molecule has 4 heteroatoms. The summed E-state index contributed by atoms with van der Waals surface area (Å²) in [5, 5.41) is 4.39. The minimum Gasteiger partial charge on any atom is -0.341 e. The predicted octanol–water partition coefficient (Wildman–Crippen LogP) is 3.80. The molecule has 3 rings (SSSR count). The van der Waals surface area contributed by atoms with Crippen molar-refractivity contribution >= 4 is 5.91 Å². The molecule has 0 N–H and O–H groups in total. The standard InChI is InChI=1S/C19H25N3O/c1-21(19(23)12-16-8-4-2-5-9-16)14-17-13-20-22(15-17)18-10-6-3-7-11-18/h3,6-7,10-11,13,15-16H,2,4-5,8-9,12,14H2,1H3. The second-order valence-corrected chi connectivity index (χ2v) is 6.59. The van der Waals surface area contributed by atoms with Crippen LogP contribution in [0.2, 0.25) is 0 Å². The summed E-state index contributed by atoms with van der Waals surface area (Å²) in [6.07, 6.45) is 10.9. The van der Waals surface area contributed by atoms with Gasteiger partial charge >= 0.3 is 0 Å². The number of hydrogen-bond donors (Lipinski definition) is 0. The topological polar surface area (TPSA) is 38.1 Å². The third-order valence-electron chi connectivity index (χ3n) is 4.69. The van der Waals surface area contributed by atoms with E-state index in [1.165, 1.54) is 32.1 Å². The van der Waals surface area contributed by atoms with Gasteiger partial charge in [-0.2, -0.15) is 5.10 Å². The van der Waals surface area contributed by atoms with E-state index >= 15 is 0 Å². The Morgan fingerprint density at radius 2 is 1.96 bits per heavy atom. The van der Waals surface area contributed by atoms with Crippen LogP contribution in [0.3, 0.4) is 0 Å². The highest BCUT2D eigenvalue weighted by Gasteiger charge is 2.19. The first-order valence-electron chi connectivity index (χ1n) is 8.55. The van der Waals surface area contributed by atoms with Crippen molar-refractivity contribution in [3.8, 4) is 5.69 Å². The molecule has 122 valence electrons. The van der Waals surface area contributed by atoms with E-state index < -0.39 is 0 Å². The van der Waals surface area contributed by atoms with Gasteiger partial charge in [-0.05, 0) is 30.9 Å². The Bertz CT molecular complexity index is 629. The molecular formula is C19H25N3O. The van der Waals surface area contributed by atoms with Crippen molar-refractivity contribution in [3.05, 3.63) is 48.3 Å². The first kappa shape index (κ1) is 15.8. The van der Waals surface area contributed by atoms with Crippen LogP contribution in [0.4, 0.5) is 0 Å². The Morgan fingerprint density at radius 1 is 1.22 bits per heavy atom. The van der Waals surface area contributed by atoms with Crippen LogP contribution in [0.5, 0.6) is 0 Å². The smallest absolute Gasteiger partial charge is 0.222 e. The quantitative estimate of drug-likeness (QED) is 0.842. The first-order valence-corrected chi connectivity index (χ1v) is 8.55. The number of carbonyl (C=O) groups is 1. The fourth-order valence-corrected chi connectivity index (χ4v) is 3.32. The Balaban J connectivity index is 1.56. The normalized spacial score (nSPS) is 15.5. The summed E-state index contributed by atoms with van der Waals surface area (Å²) in [4.78, 5) is 14.2. The summed E-state index contributed by atoms with van der Waals surface area (Å²) in [5.41, 5.74) is 2.10. The van der Waals surface area contributed by atoms with Crippen molar-refractivity contribution in [2.75, 3.05) is 7.05 Å². The Kier molecular flexibility index (Phi) is 5.11. The van der Waals surface area contributed by atoms with Crippen molar-refractivity contribution in [2.24, 2.45) is 5.92 Å². The largest absolute Gasteiger partial charge is 0.341 e. The lowest BCUT2D eigenvalue weighted by molar-refractivity contribution is -0.131. The number of nitrogens with zero attached hydrogens (tertiary/aromatic N) is 3. The number of carbonyl (C=O) groups excluding carboxylic acids is 1. The van der Waals surface area contributed by atoms with E-state index in [0.717, 1.165) is 11.3 Å². The van der Waals surface area contributed by atoms with Crippen LogP contribution in [0.1, 0.15) is 44.1 Å². The summed E-state index contributed by atoms with van der Waals surface area (Å²) in [5.74, 6) is 0.843. The second-order valence-electron chi connectivity index (χ2n) is 6.59. The average Bonchev–Trinajstić information content (AvgIpc) is 3.05. The van der Waals surface area contributed by atoms with Crippen molar-refractivity contribution in [2.45, 2.75) is 45.1 Å². The molecule has 0 radical (unpaired) electrons. The lowest BCUT2D eigenvalue weighted by Gasteiger charge is -2.24. The zero-order valence-electron chi connectivity index (χ0n) is 13.8. The summed E-state index contributed by atoms with van der Waals surface area (Å²) in [7, 11) is 1.89. The van der Waals surface area contributed by atoms with Gasteiger partial charge < -0.3 is 4.90 Å². The molecule has 0 spiro atoms. The molecule has 1 fully saturated rings. The van der Waals surface area contributed by atoms with E-state index in [0.29, 0.717) is 18.9 Å². The van der Waals surface area contributed by atoms with Gasteiger partial charge in [0.1, 0.15) is 0 Å². The number of amides is 1. The SMILES string of the molecule is CN(Cc1cnn(-c2ccccc2)c1)C(=O)CC1CCCCC1. The molecule has 1 heterocycles. The zero-order valence-corrected chi connectivity index (χ0v) is 13.8. The van der Waals surface area contributed by atoms with E-state index in [2.05, 4.69) is 5.10 Å². The summed E-state index contributed by atoms with van der Waals surface area (Å²) >= 11 is 0. The number of hydrogen-bond acceptors (Lipinski definition) is 2. The van der Waals surface area contributed by atoms with Crippen LogP contribution in [-0.4, -0.2) is 27.6 Å². The van der Waals surface area contributed by atoms with E-state index in [9.17, 15) is 4.79 Å². The average molecular weight is 311 g/mol. The maximum absolute atomic E-state index is 12.4. The lowest BCUT2D eigenvalue weighted by atomic mass is 9.87. The van der Waals surface area contributed by atoms with Crippen LogP contribution in [0.15, 0.2) is 42.7 Å². The van der Waals surface area contributed by atoms with Gasteiger partial charge in [0, 0.05) is 31.8 Å². The first-order chi connectivity index (χ1) is 11.2. The molecule has 1 aromatic carbocycles. The van der Waals surface area contributed by atoms with Crippen molar-refractivity contribution in [1.82, 2.24) is 14.7 Å². The summed E-state index contributed by atoms with van der Waals surface area (Å²) < 4.78 is 1.86. The fourth-order valence-electron chi connectivity index (χ4n) is 3.32.